The average Bonchev–Trinajstić information content (AvgIpc) is 4.03. The number of hydrogen-bond acceptors (Lipinski definition) is 11. The van der Waals surface area contributed by atoms with Gasteiger partial charge in [-0.25, -0.2) is 4.98 Å². The molecule has 2 aromatic heterocycles. The van der Waals surface area contributed by atoms with E-state index in [0.29, 0.717) is 27.5 Å². The molecule has 1 aromatic carbocycles. The Balaban J connectivity index is 1.46. The van der Waals surface area contributed by atoms with Crippen LogP contribution >= 0.6 is 15.9 Å². The number of carbonyl (C=O) groups excluding carboxylic acids is 8. The maximum atomic E-state index is 14.5. The van der Waals surface area contributed by atoms with Crippen LogP contribution in [0.3, 0.4) is 0 Å². The second-order valence-corrected chi connectivity index (χ2v) is 18.3. The highest BCUT2D eigenvalue weighted by atomic mass is 79.9. The lowest BCUT2D eigenvalue weighted by atomic mass is 9.98. The molecule has 1 fully saturated rings. The largest absolute Gasteiger partial charge is 0.508 e. The molecule has 358 valence electrons. The minimum atomic E-state index is -1.23. The first-order chi connectivity index (χ1) is 31.4. The van der Waals surface area contributed by atoms with Gasteiger partial charge in [0.2, 0.25) is 47.1 Å². The number of phenolic OH excluding ortho intramolecular Hbond substituents is 1. The standard InChI is InChI=1S/C46H62BrN9O10/c1-7-25(5)20-38(59)51-31(8-2)42(62)54-33-11-9-17-48-41(61)35(22-30-29-21-28(57)14-15-32(29)53-40(30)47)52-37(58)16-13-27-23-66-45(50-27)26(6)49-44(64)39(60)34(19-24(3)4)55-43(63)36-12-10-18-56(36)46(33)65/h13-16,21,23-26,31,33-36,53,57H,7-12,17-20,22H2,1-6H3,(H,48,61)(H,49,64)(H,51,59)(H,52,58)(H,54,62)(H,55,63). The maximum absolute atomic E-state index is 14.5. The molecule has 2 aliphatic rings. The van der Waals surface area contributed by atoms with Crippen LogP contribution in [-0.4, -0.2) is 110 Å². The molecule has 1 saturated heterocycles. The van der Waals surface area contributed by atoms with Crippen molar-refractivity contribution in [2.45, 2.75) is 136 Å². The molecule has 0 spiro atoms. The van der Waals surface area contributed by atoms with Gasteiger partial charge in [0, 0.05) is 42.9 Å². The van der Waals surface area contributed by atoms with Gasteiger partial charge >= 0.3 is 0 Å². The summed E-state index contributed by atoms with van der Waals surface area (Å²) in [5.74, 6) is -5.24. The van der Waals surface area contributed by atoms with Gasteiger partial charge in [-0.05, 0) is 103 Å². The normalized spacial score (nSPS) is 22.7. The third kappa shape index (κ3) is 13.5. The van der Waals surface area contributed by atoms with Gasteiger partial charge in [0.1, 0.15) is 47.9 Å². The van der Waals surface area contributed by atoms with Gasteiger partial charge in [-0.3, -0.25) is 38.4 Å². The van der Waals surface area contributed by atoms with E-state index in [4.69, 9.17) is 4.42 Å². The topological polar surface area (TPSA) is 274 Å². The SMILES string of the molecule is CCC(C)CC(=O)NC(CC)C(=O)NC1CCCNC(=O)C(Cc2c(Br)[nH]c3ccc(O)cc23)NC(=O)C=Cc2coc(n2)C(C)NC(=O)C(=O)C(CC(C)C)NC(=O)C2CCCN2C1=O. The molecule has 7 amide bonds. The first-order valence-corrected chi connectivity index (χ1v) is 23.4. The number of aromatic amines is 1. The number of fused-ring (bicyclic) bond motifs is 4. The number of amides is 7. The van der Waals surface area contributed by atoms with Crippen LogP contribution in [0.25, 0.3) is 17.0 Å². The predicted octanol–water partition coefficient (Wildman–Crippen LogP) is 3.36. The smallest absolute Gasteiger partial charge is 0.290 e. The number of nitrogens with one attached hydrogen (secondary N) is 7. The summed E-state index contributed by atoms with van der Waals surface area (Å²) in [5, 5.41) is 27.4. The summed E-state index contributed by atoms with van der Waals surface area (Å²) in [6, 6.07) is -1.75. The van der Waals surface area contributed by atoms with Crippen LogP contribution in [0.2, 0.25) is 0 Å². The number of aromatic nitrogens is 2. The van der Waals surface area contributed by atoms with Crippen LogP contribution in [0.5, 0.6) is 5.75 Å². The molecular weight excluding hydrogens is 918 g/mol. The molecule has 66 heavy (non-hydrogen) atoms. The Kier molecular flexibility index (Phi) is 18.1. The lowest BCUT2D eigenvalue weighted by Gasteiger charge is -2.31. The maximum Gasteiger partial charge on any atom is 0.290 e. The third-order valence-electron chi connectivity index (χ3n) is 11.8. The zero-order chi connectivity index (χ0) is 48.2. The van der Waals surface area contributed by atoms with Crippen molar-refractivity contribution in [2.24, 2.45) is 11.8 Å². The Morgan fingerprint density at radius 3 is 2.44 bits per heavy atom. The van der Waals surface area contributed by atoms with Gasteiger partial charge in [-0.2, -0.15) is 0 Å². The quantitative estimate of drug-likeness (QED) is 0.129. The van der Waals surface area contributed by atoms with E-state index in [1.54, 1.807) is 19.9 Å². The van der Waals surface area contributed by atoms with Crippen LogP contribution < -0.4 is 31.9 Å². The van der Waals surface area contributed by atoms with Crippen molar-refractivity contribution in [2.75, 3.05) is 13.1 Å². The Hall–Kier alpha value is -6.05. The lowest BCUT2D eigenvalue weighted by molar-refractivity contribution is -0.144. The Morgan fingerprint density at radius 2 is 1.73 bits per heavy atom. The van der Waals surface area contributed by atoms with E-state index in [-0.39, 0.29) is 93.1 Å². The van der Waals surface area contributed by atoms with Crippen molar-refractivity contribution in [3.63, 3.8) is 0 Å². The predicted molar refractivity (Wildman–Crippen MR) is 247 cm³/mol. The van der Waals surface area contributed by atoms with Crippen LogP contribution in [0.1, 0.15) is 116 Å². The van der Waals surface area contributed by atoms with Gasteiger partial charge < -0.3 is 51.3 Å². The molecule has 5 rings (SSSR count). The summed E-state index contributed by atoms with van der Waals surface area (Å²) in [6.45, 7) is 11.0. The summed E-state index contributed by atoms with van der Waals surface area (Å²) in [6.07, 6.45) is 5.93. The van der Waals surface area contributed by atoms with Crippen molar-refractivity contribution in [1.29, 1.82) is 0 Å². The molecular formula is C46H62BrN9O10. The van der Waals surface area contributed by atoms with Crippen LogP contribution in [-0.2, 0) is 44.8 Å². The molecule has 0 aliphatic carbocycles. The van der Waals surface area contributed by atoms with E-state index >= 15 is 0 Å². The van der Waals surface area contributed by atoms with E-state index in [1.165, 1.54) is 29.4 Å². The highest BCUT2D eigenvalue weighted by Gasteiger charge is 2.40. The van der Waals surface area contributed by atoms with Gasteiger partial charge in [0.25, 0.3) is 5.91 Å². The summed E-state index contributed by atoms with van der Waals surface area (Å²) < 4.78 is 6.09. The number of ketones is 1. The minimum absolute atomic E-state index is 0.000949. The molecule has 2 aliphatic heterocycles. The molecule has 7 atom stereocenters. The second-order valence-electron chi connectivity index (χ2n) is 17.5. The number of halogens is 1. The molecule has 3 aromatic rings. The number of aromatic hydroxyl groups is 1. The highest BCUT2D eigenvalue weighted by molar-refractivity contribution is 9.10. The fraction of sp³-hybridized carbons (Fsp3) is 0.543. The van der Waals surface area contributed by atoms with Crippen LogP contribution in [0.15, 0.2) is 39.6 Å². The van der Waals surface area contributed by atoms with Crippen molar-refractivity contribution in [1.82, 2.24) is 46.8 Å². The fourth-order valence-corrected chi connectivity index (χ4v) is 8.56. The number of rotatable bonds is 11. The van der Waals surface area contributed by atoms with Crippen LogP contribution in [0.4, 0.5) is 0 Å². The van der Waals surface area contributed by atoms with Gasteiger partial charge in [-0.15, -0.1) is 0 Å². The molecule has 2 bridgehead atoms. The van der Waals surface area contributed by atoms with Gasteiger partial charge in [0.05, 0.1) is 10.6 Å². The Labute approximate surface area is 391 Å². The average molecular weight is 981 g/mol. The summed E-state index contributed by atoms with van der Waals surface area (Å²) in [4.78, 5) is 119. The van der Waals surface area contributed by atoms with Crippen molar-refractivity contribution >= 4 is 80.0 Å². The number of carbonyl (C=O) groups is 8. The van der Waals surface area contributed by atoms with Crippen molar-refractivity contribution in [3.05, 3.63) is 52.3 Å². The third-order valence-corrected chi connectivity index (χ3v) is 12.5. The van der Waals surface area contributed by atoms with Gasteiger partial charge in [-0.1, -0.05) is 41.0 Å². The van der Waals surface area contributed by atoms with E-state index in [9.17, 15) is 43.5 Å². The van der Waals surface area contributed by atoms with Crippen molar-refractivity contribution in [3.8, 4) is 5.75 Å². The second kappa shape index (κ2) is 23.4. The fourth-order valence-electron chi connectivity index (χ4n) is 7.97. The summed E-state index contributed by atoms with van der Waals surface area (Å²) in [5.41, 5.74) is 1.48. The molecule has 19 nitrogen and oxygen atoms in total. The first kappa shape index (κ1) is 50.9. The summed E-state index contributed by atoms with van der Waals surface area (Å²) >= 11 is 3.51. The Morgan fingerprint density at radius 1 is 0.970 bits per heavy atom. The monoisotopic (exact) mass is 979 g/mol. The molecule has 4 heterocycles. The van der Waals surface area contributed by atoms with E-state index in [0.717, 1.165) is 12.5 Å². The molecule has 0 radical (unpaired) electrons. The number of Topliss-reactive ketones (excluding diaryl/α,β-unsaturated/α-hetero) is 1. The van der Waals surface area contributed by atoms with E-state index < -0.39 is 77.5 Å². The number of oxazole rings is 1. The van der Waals surface area contributed by atoms with Crippen molar-refractivity contribution < 1.29 is 47.9 Å². The minimum Gasteiger partial charge on any atom is -0.508 e. The zero-order valence-corrected chi connectivity index (χ0v) is 39.8. The zero-order valence-electron chi connectivity index (χ0n) is 38.3. The van der Waals surface area contributed by atoms with Crippen LogP contribution in [0, 0.1) is 11.8 Å². The van der Waals surface area contributed by atoms with E-state index in [2.05, 4.69) is 57.8 Å². The Bertz CT molecular complexity index is 2310. The number of phenols is 1. The number of benzene rings is 1. The van der Waals surface area contributed by atoms with Gasteiger partial charge in [0.15, 0.2) is 0 Å². The number of hydrogen-bond donors (Lipinski definition) is 8. The number of nitrogens with zero attached hydrogens (tertiary/aromatic N) is 2. The molecule has 0 saturated carbocycles. The lowest BCUT2D eigenvalue weighted by Crippen LogP contribution is -2.58. The molecule has 20 heteroatoms. The summed E-state index contributed by atoms with van der Waals surface area (Å²) in [7, 11) is 0. The first-order valence-electron chi connectivity index (χ1n) is 22.6. The molecule has 7 unspecified atom stereocenters. The highest BCUT2D eigenvalue weighted by Crippen LogP contribution is 2.30. The number of H-pyrrole nitrogens is 1. The molecule has 8 N–H and O–H groups in total. The van der Waals surface area contributed by atoms with E-state index in [1.807, 2.05) is 27.7 Å².